The first kappa shape index (κ1) is 22.2. The maximum Gasteiger partial charge on any atom is 0.265 e. The summed E-state index contributed by atoms with van der Waals surface area (Å²) in [5.41, 5.74) is 0.669. The Morgan fingerprint density at radius 3 is 2.33 bits per heavy atom. The van der Waals surface area contributed by atoms with E-state index in [9.17, 15) is 16.8 Å². The maximum absolute atomic E-state index is 13.1. The van der Waals surface area contributed by atoms with Gasteiger partial charge in [-0.3, -0.25) is 9.03 Å². The highest BCUT2D eigenvalue weighted by Gasteiger charge is 2.29. The summed E-state index contributed by atoms with van der Waals surface area (Å²) in [6.45, 7) is 4.71. The quantitative estimate of drug-likeness (QED) is 0.657. The minimum Gasteiger partial charge on any atom is -0.494 e. The summed E-state index contributed by atoms with van der Waals surface area (Å²) in [6, 6.07) is 11.0. The van der Waals surface area contributed by atoms with Crippen LogP contribution in [-0.2, 0) is 20.0 Å². The van der Waals surface area contributed by atoms with E-state index in [-0.39, 0.29) is 23.0 Å². The second-order valence-electron chi connectivity index (χ2n) is 6.72. The van der Waals surface area contributed by atoms with E-state index >= 15 is 0 Å². The molecule has 30 heavy (non-hydrogen) atoms. The molecule has 0 aliphatic carbocycles. The van der Waals surface area contributed by atoms with E-state index in [1.165, 1.54) is 16.4 Å². The SMILES string of the molecule is CCOc1ccc(NS(=O)(=O)c2cc(N3CCCCS3(=O)=O)ccc2OCC)cc1. The van der Waals surface area contributed by atoms with Gasteiger partial charge in [0.2, 0.25) is 10.0 Å². The molecule has 1 heterocycles. The third-order valence-corrected chi connectivity index (χ3v) is 7.84. The van der Waals surface area contributed by atoms with Crippen LogP contribution in [0.5, 0.6) is 11.5 Å². The van der Waals surface area contributed by atoms with Gasteiger partial charge >= 0.3 is 0 Å². The standard InChI is InChI=1S/C20H26N2O6S2/c1-3-27-18-10-7-16(8-11-18)21-30(25,26)20-15-17(9-12-19(20)28-4-2)22-13-5-6-14-29(22,23)24/h7-12,15,21H,3-6,13-14H2,1-2H3. The third-order valence-electron chi connectivity index (χ3n) is 4.57. The fourth-order valence-corrected chi connectivity index (χ4v) is 6.07. The van der Waals surface area contributed by atoms with E-state index in [4.69, 9.17) is 9.47 Å². The third kappa shape index (κ3) is 4.99. The Hall–Kier alpha value is -2.46. The van der Waals surface area contributed by atoms with Crippen LogP contribution in [0.1, 0.15) is 26.7 Å². The molecule has 0 saturated carbocycles. The smallest absolute Gasteiger partial charge is 0.265 e. The molecule has 0 spiro atoms. The van der Waals surface area contributed by atoms with Crippen LogP contribution in [0.25, 0.3) is 0 Å². The molecule has 2 aromatic carbocycles. The van der Waals surface area contributed by atoms with Gasteiger partial charge in [-0.15, -0.1) is 0 Å². The van der Waals surface area contributed by atoms with Gasteiger partial charge < -0.3 is 9.47 Å². The fourth-order valence-electron chi connectivity index (χ4n) is 3.21. The van der Waals surface area contributed by atoms with E-state index in [0.717, 1.165) is 6.42 Å². The number of anilines is 2. The summed E-state index contributed by atoms with van der Waals surface area (Å²) in [7, 11) is -7.50. The van der Waals surface area contributed by atoms with Crippen LogP contribution in [0.3, 0.4) is 0 Å². The molecule has 0 unspecified atom stereocenters. The lowest BCUT2D eigenvalue weighted by Gasteiger charge is -2.28. The molecule has 3 rings (SSSR count). The van der Waals surface area contributed by atoms with Crippen molar-refractivity contribution in [3.63, 3.8) is 0 Å². The van der Waals surface area contributed by atoms with E-state index < -0.39 is 20.0 Å². The molecular weight excluding hydrogens is 428 g/mol. The molecule has 1 fully saturated rings. The second-order valence-corrected chi connectivity index (χ2v) is 10.4. The highest BCUT2D eigenvalue weighted by Crippen LogP contribution is 2.33. The molecule has 8 nitrogen and oxygen atoms in total. The average Bonchev–Trinajstić information content (AvgIpc) is 2.70. The predicted molar refractivity (Wildman–Crippen MR) is 116 cm³/mol. The van der Waals surface area contributed by atoms with Crippen molar-refractivity contribution in [3.8, 4) is 11.5 Å². The summed E-state index contributed by atoms with van der Waals surface area (Å²) in [4.78, 5) is -0.114. The average molecular weight is 455 g/mol. The molecule has 1 N–H and O–H groups in total. The molecule has 0 aromatic heterocycles. The molecule has 1 aliphatic heterocycles. The first-order valence-electron chi connectivity index (χ1n) is 9.80. The van der Waals surface area contributed by atoms with Crippen molar-refractivity contribution in [3.05, 3.63) is 42.5 Å². The normalized spacial score (nSPS) is 16.1. The molecule has 1 saturated heterocycles. The molecule has 0 bridgehead atoms. The summed E-state index contributed by atoms with van der Waals surface area (Å²) >= 11 is 0. The maximum atomic E-state index is 13.1. The topological polar surface area (TPSA) is 102 Å². The number of benzene rings is 2. The largest absolute Gasteiger partial charge is 0.494 e. The number of nitrogens with zero attached hydrogens (tertiary/aromatic N) is 1. The fraction of sp³-hybridized carbons (Fsp3) is 0.400. The lowest BCUT2D eigenvalue weighted by Crippen LogP contribution is -2.37. The van der Waals surface area contributed by atoms with Gasteiger partial charge in [-0.25, -0.2) is 16.8 Å². The monoisotopic (exact) mass is 454 g/mol. The van der Waals surface area contributed by atoms with Crippen LogP contribution in [-0.4, -0.2) is 42.3 Å². The van der Waals surface area contributed by atoms with Gasteiger partial charge in [0.25, 0.3) is 10.0 Å². The minimum absolute atomic E-state index is 0.0483. The van der Waals surface area contributed by atoms with Gasteiger partial charge in [-0.1, -0.05) is 0 Å². The first-order valence-corrected chi connectivity index (χ1v) is 12.9. The molecule has 164 valence electrons. The van der Waals surface area contributed by atoms with Crippen molar-refractivity contribution in [2.45, 2.75) is 31.6 Å². The molecule has 0 amide bonds. The number of hydrogen-bond donors (Lipinski definition) is 1. The van der Waals surface area contributed by atoms with Gasteiger partial charge in [0.1, 0.15) is 16.4 Å². The Morgan fingerprint density at radius 1 is 1.00 bits per heavy atom. The lowest BCUT2D eigenvalue weighted by atomic mass is 10.2. The van der Waals surface area contributed by atoms with E-state index in [0.29, 0.717) is 36.7 Å². The lowest BCUT2D eigenvalue weighted by molar-refractivity contribution is 0.331. The van der Waals surface area contributed by atoms with Gasteiger partial charge in [-0.2, -0.15) is 0 Å². The zero-order chi connectivity index (χ0) is 21.8. The van der Waals surface area contributed by atoms with Gasteiger partial charge in [0.05, 0.1) is 24.7 Å². The molecular formula is C20H26N2O6S2. The Kier molecular flexibility index (Phi) is 6.77. The van der Waals surface area contributed by atoms with E-state index in [1.807, 2.05) is 6.92 Å². The Morgan fingerprint density at radius 2 is 1.70 bits per heavy atom. The highest BCUT2D eigenvalue weighted by molar-refractivity contribution is 7.93. The van der Waals surface area contributed by atoms with Gasteiger partial charge in [0, 0.05) is 12.2 Å². The first-order chi connectivity index (χ1) is 14.3. The number of ether oxygens (including phenoxy) is 2. The van der Waals surface area contributed by atoms with Gasteiger partial charge in [-0.05, 0) is 69.2 Å². The van der Waals surface area contributed by atoms with Gasteiger partial charge in [0.15, 0.2) is 0 Å². The van der Waals surface area contributed by atoms with E-state index in [1.54, 1.807) is 37.3 Å². The molecule has 1 aliphatic rings. The number of nitrogens with one attached hydrogen (secondary N) is 1. The predicted octanol–water partition coefficient (Wildman–Crippen LogP) is 3.21. The summed E-state index contributed by atoms with van der Waals surface area (Å²) in [5, 5.41) is 0. The highest BCUT2D eigenvalue weighted by atomic mass is 32.2. The van der Waals surface area contributed by atoms with Crippen LogP contribution in [0.2, 0.25) is 0 Å². The summed E-state index contributed by atoms with van der Waals surface area (Å²) in [5.74, 6) is 0.842. The van der Waals surface area contributed by atoms with Crippen LogP contribution in [0.4, 0.5) is 11.4 Å². The van der Waals surface area contributed by atoms with Crippen LogP contribution in [0.15, 0.2) is 47.4 Å². The molecule has 0 radical (unpaired) electrons. The number of hydrogen-bond acceptors (Lipinski definition) is 6. The van der Waals surface area contributed by atoms with Crippen molar-refractivity contribution >= 4 is 31.4 Å². The summed E-state index contributed by atoms with van der Waals surface area (Å²) in [6.07, 6.45) is 1.32. The van der Waals surface area contributed by atoms with Crippen molar-refractivity contribution < 1.29 is 26.3 Å². The second kappa shape index (κ2) is 9.13. The van der Waals surface area contributed by atoms with Crippen molar-refractivity contribution in [2.24, 2.45) is 0 Å². The Labute approximate surface area is 177 Å². The number of rotatable bonds is 8. The Balaban J connectivity index is 1.96. The molecule has 2 aromatic rings. The van der Waals surface area contributed by atoms with Crippen LogP contribution in [0, 0.1) is 0 Å². The Bertz CT molecular complexity index is 1080. The zero-order valence-electron chi connectivity index (χ0n) is 17.0. The van der Waals surface area contributed by atoms with Crippen molar-refractivity contribution in [2.75, 3.05) is 34.5 Å². The number of sulfonamides is 2. The van der Waals surface area contributed by atoms with Crippen molar-refractivity contribution in [1.82, 2.24) is 0 Å². The zero-order valence-corrected chi connectivity index (χ0v) is 18.6. The van der Waals surface area contributed by atoms with Crippen LogP contribution < -0.4 is 18.5 Å². The summed E-state index contributed by atoms with van der Waals surface area (Å²) < 4.78 is 65.8. The molecule has 0 atom stereocenters. The molecule has 10 heteroatoms. The van der Waals surface area contributed by atoms with Crippen molar-refractivity contribution in [1.29, 1.82) is 0 Å². The minimum atomic E-state index is -4.03. The van der Waals surface area contributed by atoms with E-state index in [2.05, 4.69) is 4.72 Å². The van der Waals surface area contributed by atoms with Crippen LogP contribution >= 0.6 is 0 Å².